The molecule has 0 saturated carbocycles. The Bertz CT molecular complexity index is 1380. The molecule has 37 heavy (non-hydrogen) atoms. The number of carboxylic acid groups (broad SMARTS) is 1. The highest BCUT2D eigenvalue weighted by molar-refractivity contribution is 6.00. The summed E-state index contributed by atoms with van der Waals surface area (Å²) in [5.41, 5.74) is 7.54. The molecule has 0 amide bonds. The Kier molecular flexibility index (Phi) is 8.93. The van der Waals surface area contributed by atoms with E-state index < -0.39 is 5.97 Å². The van der Waals surface area contributed by atoms with Crippen LogP contribution in [0.5, 0.6) is 5.75 Å². The molecule has 0 bridgehead atoms. The van der Waals surface area contributed by atoms with Crippen molar-refractivity contribution < 1.29 is 14.6 Å². The van der Waals surface area contributed by atoms with Crippen molar-refractivity contribution in [1.29, 1.82) is 0 Å². The third-order valence-corrected chi connectivity index (χ3v) is 6.47. The van der Waals surface area contributed by atoms with Gasteiger partial charge in [-0.1, -0.05) is 75.6 Å². The van der Waals surface area contributed by atoms with Gasteiger partial charge in [-0.2, -0.15) is 5.10 Å². The van der Waals surface area contributed by atoms with Gasteiger partial charge >= 0.3 is 5.97 Å². The Morgan fingerprint density at radius 1 is 0.919 bits per heavy atom. The summed E-state index contributed by atoms with van der Waals surface area (Å²) >= 11 is 0. The van der Waals surface area contributed by atoms with Crippen molar-refractivity contribution in [3.63, 3.8) is 0 Å². The molecule has 0 aliphatic carbocycles. The second-order valence-corrected chi connectivity index (χ2v) is 9.11. The molecular formula is C32H34N2O3. The summed E-state index contributed by atoms with van der Waals surface area (Å²) in [5.74, 6) is -0.0635. The van der Waals surface area contributed by atoms with Crippen molar-refractivity contribution >= 4 is 34.1 Å². The summed E-state index contributed by atoms with van der Waals surface area (Å²) in [4.78, 5) is 10.9. The van der Waals surface area contributed by atoms with Crippen molar-refractivity contribution in [3.8, 4) is 5.75 Å². The first kappa shape index (κ1) is 26.0. The van der Waals surface area contributed by atoms with E-state index in [1.54, 1.807) is 6.08 Å². The van der Waals surface area contributed by atoms with E-state index in [4.69, 9.17) is 9.84 Å². The predicted molar refractivity (Wildman–Crippen MR) is 151 cm³/mol. The first-order chi connectivity index (χ1) is 18.1. The number of aromatic amines is 1. The Morgan fingerprint density at radius 3 is 2.35 bits per heavy atom. The van der Waals surface area contributed by atoms with Gasteiger partial charge in [-0.25, -0.2) is 4.79 Å². The molecule has 1 heterocycles. The van der Waals surface area contributed by atoms with E-state index in [1.807, 2.05) is 18.3 Å². The number of nitrogens with one attached hydrogen (secondary N) is 1. The second-order valence-electron chi connectivity index (χ2n) is 9.11. The third-order valence-electron chi connectivity index (χ3n) is 6.47. The molecule has 5 nitrogen and oxygen atoms in total. The zero-order chi connectivity index (χ0) is 26.0. The lowest BCUT2D eigenvalue weighted by Crippen LogP contribution is -1.98. The van der Waals surface area contributed by atoms with Crippen LogP contribution in [-0.4, -0.2) is 27.9 Å². The molecule has 4 aromatic rings. The number of ether oxygens (including phenoxy) is 1. The van der Waals surface area contributed by atoms with Crippen LogP contribution >= 0.6 is 0 Å². The van der Waals surface area contributed by atoms with Gasteiger partial charge in [0.05, 0.1) is 18.3 Å². The normalized spacial score (nSPS) is 12.2. The largest absolute Gasteiger partial charge is 0.494 e. The number of nitrogens with zero attached hydrogens (tertiary/aromatic N) is 1. The van der Waals surface area contributed by atoms with Crippen LogP contribution in [0.25, 0.3) is 28.1 Å². The van der Waals surface area contributed by atoms with Crippen molar-refractivity contribution in [2.45, 2.75) is 46.0 Å². The summed E-state index contributed by atoms with van der Waals surface area (Å²) in [6, 6.07) is 22.8. The van der Waals surface area contributed by atoms with Crippen LogP contribution < -0.4 is 4.74 Å². The lowest BCUT2D eigenvalue weighted by atomic mass is 9.87. The summed E-state index contributed by atoms with van der Waals surface area (Å²) in [7, 11) is 0. The van der Waals surface area contributed by atoms with Gasteiger partial charge in [-0.15, -0.1) is 0 Å². The second kappa shape index (κ2) is 12.7. The van der Waals surface area contributed by atoms with Crippen LogP contribution in [-0.2, 0) is 4.79 Å². The zero-order valence-corrected chi connectivity index (χ0v) is 21.5. The number of H-pyrrole nitrogens is 1. The van der Waals surface area contributed by atoms with Gasteiger partial charge < -0.3 is 9.84 Å². The number of aromatic nitrogens is 2. The summed E-state index contributed by atoms with van der Waals surface area (Å²) in [6.45, 7) is 5.13. The molecule has 0 aliphatic heterocycles. The summed E-state index contributed by atoms with van der Waals surface area (Å²) in [6.07, 6.45) is 10.2. The lowest BCUT2D eigenvalue weighted by molar-refractivity contribution is -0.131. The van der Waals surface area contributed by atoms with Crippen LogP contribution in [0, 0.1) is 0 Å². The number of allylic oxidation sites excluding steroid dienone is 1. The molecule has 0 atom stereocenters. The number of unbranched alkanes of at least 4 members (excludes halogenated alkanes) is 3. The maximum Gasteiger partial charge on any atom is 0.328 e. The highest BCUT2D eigenvalue weighted by Gasteiger charge is 2.14. The summed E-state index contributed by atoms with van der Waals surface area (Å²) in [5, 5.41) is 17.2. The van der Waals surface area contributed by atoms with Crippen LogP contribution in [0.1, 0.15) is 68.2 Å². The molecule has 190 valence electrons. The van der Waals surface area contributed by atoms with E-state index in [9.17, 15) is 4.79 Å². The topological polar surface area (TPSA) is 75.2 Å². The number of benzene rings is 3. The number of rotatable bonds is 12. The standard InChI is InChI=1S/C32H34N2O3/c1-3-5-6-7-20-37-28-16-13-24(14-17-28)29(4-2)32(26-15-18-30-27(21-26)22-33-34-30)25-11-8-23(9-12-25)10-19-31(35)36/h8-19,21-22H,3-7,20H2,1-2H3,(H,33,34)(H,35,36)/b19-10+,32-29+. The average Bonchev–Trinajstić information content (AvgIpc) is 3.39. The highest BCUT2D eigenvalue weighted by Crippen LogP contribution is 2.36. The van der Waals surface area contributed by atoms with Crippen molar-refractivity contribution in [3.05, 3.63) is 101 Å². The molecule has 1 aromatic heterocycles. The Labute approximate surface area is 218 Å². The Morgan fingerprint density at radius 2 is 1.65 bits per heavy atom. The minimum Gasteiger partial charge on any atom is -0.494 e. The fourth-order valence-corrected chi connectivity index (χ4v) is 4.54. The van der Waals surface area contributed by atoms with Crippen LogP contribution in [0.4, 0.5) is 0 Å². The molecule has 0 unspecified atom stereocenters. The van der Waals surface area contributed by atoms with Crippen molar-refractivity contribution in [2.75, 3.05) is 6.61 Å². The van der Waals surface area contributed by atoms with Gasteiger partial charge in [0.25, 0.3) is 0 Å². The maximum atomic E-state index is 10.9. The van der Waals surface area contributed by atoms with Crippen molar-refractivity contribution in [2.24, 2.45) is 0 Å². The molecule has 5 heteroatoms. The molecule has 2 N–H and O–H groups in total. The highest BCUT2D eigenvalue weighted by atomic mass is 16.5. The number of fused-ring (bicyclic) bond motifs is 1. The fraction of sp³-hybridized carbons (Fsp3) is 0.250. The van der Waals surface area contributed by atoms with Gasteiger partial charge in [0.2, 0.25) is 0 Å². The average molecular weight is 495 g/mol. The van der Waals surface area contributed by atoms with Crippen LogP contribution in [0.3, 0.4) is 0 Å². The third kappa shape index (κ3) is 6.76. The molecule has 4 rings (SSSR count). The Balaban J connectivity index is 1.71. The maximum absolute atomic E-state index is 10.9. The Hall–Kier alpha value is -4.12. The summed E-state index contributed by atoms with van der Waals surface area (Å²) < 4.78 is 5.97. The van der Waals surface area contributed by atoms with E-state index in [2.05, 4.69) is 78.6 Å². The van der Waals surface area contributed by atoms with Crippen LogP contribution in [0.2, 0.25) is 0 Å². The van der Waals surface area contributed by atoms with Gasteiger partial charge in [0, 0.05) is 11.5 Å². The molecule has 0 fully saturated rings. The molecule has 0 saturated heterocycles. The van der Waals surface area contributed by atoms with Crippen molar-refractivity contribution in [1.82, 2.24) is 10.2 Å². The molecule has 0 radical (unpaired) electrons. The number of carboxylic acids is 1. The number of carbonyl (C=O) groups is 1. The van der Waals surface area contributed by atoms with E-state index in [0.717, 1.165) is 70.0 Å². The van der Waals surface area contributed by atoms with E-state index in [0.29, 0.717) is 0 Å². The molecule has 3 aromatic carbocycles. The SMILES string of the molecule is CCCCCCOc1ccc(/C(CC)=C(\c2ccc(/C=C/C(=O)O)cc2)c2ccc3[nH]ncc3c2)cc1. The van der Waals surface area contributed by atoms with Gasteiger partial charge in [-0.05, 0) is 76.6 Å². The minimum atomic E-state index is -0.959. The monoisotopic (exact) mass is 494 g/mol. The number of aliphatic carboxylic acids is 1. The molecule has 0 spiro atoms. The first-order valence-electron chi connectivity index (χ1n) is 13.0. The number of hydrogen-bond donors (Lipinski definition) is 2. The first-order valence-corrected chi connectivity index (χ1v) is 13.0. The van der Waals surface area contributed by atoms with Gasteiger partial charge in [-0.3, -0.25) is 5.10 Å². The van der Waals surface area contributed by atoms with E-state index >= 15 is 0 Å². The van der Waals surface area contributed by atoms with E-state index in [1.165, 1.54) is 24.8 Å². The molecule has 0 aliphatic rings. The fourth-order valence-electron chi connectivity index (χ4n) is 4.54. The van der Waals surface area contributed by atoms with Gasteiger partial charge in [0.15, 0.2) is 0 Å². The lowest BCUT2D eigenvalue weighted by Gasteiger charge is -2.17. The van der Waals surface area contributed by atoms with Crippen LogP contribution in [0.15, 0.2) is 79.0 Å². The molecular weight excluding hydrogens is 460 g/mol. The zero-order valence-electron chi connectivity index (χ0n) is 21.5. The van der Waals surface area contributed by atoms with E-state index in [-0.39, 0.29) is 0 Å². The van der Waals surface area contributed by atoms with Gasteiger partial charge in [0.1, 0.15) is 5.75 Å². The predicted octanol–water partition coefficient (Wildman–Crippen LogP) is 7.99. The quantitative estimate of drug-likeness (QED) is 0.119. The smallest absolute Gasteiger partial charge is 0.328 e. The number of hydrogen-bond acceptors (Lipinski definition) is 3. The minimum absolute atomic E-state index is 0.745.